The quantitative estimate of drug-likeness (QED) is 0.489. The average molecular weight is 187 g/mol. The second-order valence-electron chi connectivity index (χ2n) is 1.77. The maximum atomic E-state index is 11.9. The Hall–Kier alpha value is -0.720. The topological polar surface area (TPSA) is 54.5 Å². The highest BCUT2D eigenvalue weighted by Crippen LogP contribution is 2.05. The van der Waals surface area contributed by atoms with Crippen molar-refractivity contribution >= 4 is 16.6 Å². The molecule has 0 radical (unpaired) electrons. The van der Waals surface area contributed by atoms with Crippen LogP contribution in [-0.2, 0) is 10.4 Å². The maximum Gasteiger partial charge on any atom is 0.415 e. The van der Waals surface area contributed by atoms with Crippen LogP contribution in [0, 0.1) is 0 Å². The van der Waals surface area contributed by atoms with Gasteiger partial charge in [0.05, 0.1) is 0 Å². The van der Waals surface area contributed by atoms with E-state index >= 15 is 0 Å². The molecule has 0 aliphatic carbocycles. The van der Waals surface area contributed by atoms with E-state index < -0.39 is 27.4 Å². The molecule has 0 spiro atoms. The van der Waals surface area contributed by atoms with Crippen molar-refractivity contribution in [2.45, 2.75) is 13.3 Å². The normalized spacial score (nSPS) is 11.2. The van der Waals surface area contributed by atoms with E-state index in [4.69, 9.17) is 0 Å². The fourth-order valence-corrected chi connectivity index (χ4v) is 1.06. The van der Waals surface area contributed by atoms with Gasteiger partial charge in [0.25, 0.3) is 0 Å². The first-order chi connectivity index (χ1) is 4.89. The second kappa shape index (κ2) is 3.61. The Morgan fingerprint density at radius 2 is 2.00 bits per heavy atom. The molecule has 0 rings (SSSR count). The number of nitrogens with zero attached hydrogens (tertiary/aromatic N) is 1. The van der Waals surface area contributed by atoms with Crippen LogP contribution < -0.4 is 0 Å². The predicted octanol–water partition coefficient (Wildman–Crippen LogP) is 1.00. The fourth-order valence-electron chi connectivity index (χ4n) is 0.486. The lowest BCUT2D eigenvalue weighted by Gasteiger charge is -2.10. The van der Waals surface area contributed by atoms with Gasteiger partial charge in [0, 0.05) is 6.54 Å². The molecule has 0 fully saturated rings. The number of carbonyl (C=O) groups is 1. The number of halogens is 2. The summed E-state index contributed by atoms with van der Waals surface area (Å²) < 4.78 is 43.1. The molecule has 0 aromatic carbocycles. The van der Waals surface area contributed by atoms with Gasteiger partial charge < -0.3 is 0 Å². The van der Waals surface area contributed by atoms with E-state index in [1.54, 1.807) is 0 Å². The molecule has 4 nitrogen and oxygen atoms in total. The summed E-state index contributed by atoms with van der Waals surface area (Å²) in [6, 6.07) is 0. The van der Waals surface area contributed by atoms with Crippen molar-refractivity contribution in [2.75, 3.05) is 6.54 Å². The zero-order valence-corrected chi connectivity index (χ0v) is 6.57. The first-order valence-electron chi connectivity index (χ1n) is 2.81. The average Bonchev–Trinajstić information content (AvgIpc) is 1.79. The molecule has 66 valence electrons. The summed E-state index contributed by atoms with van der Waals surface area (Å²) in [4.78, 5) is 9.82. The van der Waals surface area contributed by atoms with E-state index in [-0.39, 0.29) is 6.42 Å². The lowest BCUT2D eigenvalue weighted by atomic mass is 10.5. The molecule has 0 saturated heterocycles. The van der Waals surface area contributed by atoms with Crippen molar-refractivity contribution < 1.29 is 21.5 Å². The molecule has 0 atom stereocenters. The second-order valence-corrected chi connectivity index (χ2v) is 3.03. The van der Waals surface area contributed by atoms with E-state index in [1.165, 1.54) is 6.92 Å². The van der Waals surface area contributed by atoms with Crippen LogP contribution in [-0.4, -0.2) is 25.4 Å². The summed E-state index contributed by atoms with van der Waals surface area (Å²) in [6.45, 7) is 1.01. The Kier molecular flexibility index (Phi) is 3.37. The van der Waals surface area contributed by atoms with Gasteiger partial charge in [0.15, 0.2) is 0 Å². The minimum atomic E-state index is -5.22. The first kappa shape index (κ1) is 10.3. The molecule has 0 aromatic rings. The molecule has 0 N–H and O–H groups in total. The summed E-state index contributed by atoms with van der Waals surface area (Å²) >= 11 is 0. The third-order valence-corrected chi connectivity index (χ3v) is 1.74. The van der Waals surface area contributed by atoms with Crippen LogP contribution in [0.4, 0.5) is 13.1 Å². The van der Waals surface area contributed by atoms with E-state index in [0.717, 1.165) is 0 Å². The van der Waals surface area contributed by atoms with Crippen LogP contribution in [0.15, 0.2) is 0 Å². The molecule has 7 heteroatoms. The highest BCUT2D eigenvalue weighted by molar-refractivity contribution is 7.84. The standard InChI is InChI=1S/C4H7F2NO3S/c1-2-3-7(4(5)8)11(6,9)10/h2-3H2,1H3. The lowest BCUT2D eigenvalue weighted by Crippen LogP contribution is -2.31. The van der Waals surface area contributed by atoms with Gasteiger partial charge in [0.1, 0.15) is 0 Å². The molecule has 1 amide bonds. The van der Waals surface area contributed by atoms with Crippen molar-refractivity contribution in [2.24, 2.45) is 0 Å². The van der Waals surface area contributed by atoms with Crippen LogP contribution in [0.5, 0.6) is 0 Å². The predicted molar refractivity (Wildman–Crippen MR) is 33.5 cm³/mol. The highest BCUT2D eigenvalue weighted by atomic mass is 32.3. The van der Waals surface area contributed by atoms with Crippen LogP contribution >= 0.6 is 0 Å². The van der Waals surface area contributed by atoms with Crippen LogP contribution in [0.1, 0.15) is 13.3 Å². The Morgan fingerprint density at radius 3 is 2.09 bits per heavy atom. The van der Waals surface area contributed by atoms with Gasteiger partial charge in [0.2, 0.25) is 0 Å². The zero-order valence-electron chi connectivity index (χ0n) is 5.75. The summed E-state index contributed by atoms with van der Waals surface area (Å²) in [5, 5.41) is 0. The molecule has 0 unspecified atom stereocenters. The molecule has 0 aliphatic heterocycles. The minimum absolute atomic E-state index is 0.165. The van der Waals surface area contributed by atoms with Gasteiger partial charge in [-0.1, -0.05) is 10.8 Å². The Labute approximate surface area is 63.1 Å². The van der Waals surface area contributed by atoms with Crippen molar-refractivity contribution in [3.05, 3.63) is 0 Å². The maximum absolute atomic E-state index is 11.9. The lowest BCUT2D eigenvalue weighted by molar-refractivity contribution is 0.199. The van der Waals surface area contributed by atoms with Crippen molar-refractivity contribution in [1.82, 2.24) is 4.31 Å². The van der Waals surface area contributed by atoms with E-state index in [2.05, 4.69) is 0 Å². The minimum Gasteiger partial charge on any atom is -0.233 e. The van der Waals surface area contributed by atoms with Gasteiger partial charge in [-0.05, 0) is 6.42 Å². The van der Waals surface area contributed by atoms with Gasteiger partial charge in [-0.3, -0.25) is 0 Å². The molecular weight excluding hydrogens is 180 g/mol. The molecule has 0 heterocycles. The molecule has 0 bridgehead atoms. The van der Waals surface area contributed by atoms with Crippen LogP contribution in [0.25, 0.3) is 0 Å². The molecular formula is C4H7F2NO3S. The Morgan fingerprint density at radius 1 is 1.55 bits per heavy atom. The number of amides is 1. The fraction of sp³-hybridized carbons (Fsp3) is 0.750. The van der Waals surface area contributed by atoms with E-state index in [9.17, 15) is 21.5 Å². The van der Waals surface area contributed by atoms with E-state index in [0.29, 0.717) is 0 Å². The molecule has 0 aromatic heterocycles. The molecule has 11 heavy (non-hydrogen) atoms. The summed E-state index contributed by atoms with van der Waals surface area (Å²) in [7, 11) is -5.22. The monoisotopic (exact) mass is 187 g/mol. The summed E-state index contributed by atoms with van der Waals surface area (Å²) in [6.07, 6.45) is -2.13. The molecule has 0 saturated carbocycles. The van der Waals surface area contributed by atoms with Gasteiger partial charge in [-0.2, -0.15) is 12.7 Å². The van der Waals surface area contributed by atoms with Crippen molar-refractivity contribution in [1.29, 1.82) is 0 Å². The molecule has 0 aliphatic rings. The number of carbonyl (C=O) groups excluding carboxylic acids is 1. The van der Waals surface area contributed by atoms with Gasteiger partial charge in [-0.15, -0.1) is 4.39 Å². The number of hydrogen-bond acceptors (Lipinski definition) is 3. The largest absolute Gasteiger partial charge is 0.415 e. The van der Waals surface area contributed by atoms with E-state index in [1.807, 2.05) is 0 Å². The third-order valence-electron chi connectivity index (χ3n) is 0.886. The van der Waals surface area contributed by atoms with Crippen molar-refractivity contribution in [3.8, 4) is 0 Å². The smallest absolute Gasteiger partial charge is 0.233 e. The van der Waals surface area contributed by atoms with Crippen LogP contribution in [0.3, 0.4) is 0 Å². The number of rotatable bonds is 3. The summed E-state index contributed by atoms with van der Waals surface area (Å²) in [5.41, 5.74) is 0. The first-order valence-corrected chi connectivity index (χ1v) is 4.15. The Bertz CT molecular complexity index is 238. The zero-order chi connectivity index (χ0) is 9.07. The SMILES string of the molecule is CCCN(C(=O)F)S(=O)(=O)F. The summed E-state index contributed by atoms with van der Waals surface area (Å²) in [5.74, 6) is 0. The highest BCUT2D eigenvalue weighted by Gasteiger charge is 2.25. The van der Waals surface area contributed by atoms with Gasteiger partial charge >= 0.3 is 16.6 Å². The third kappa shape index (κ3) is 3.26. The number of hydrogen-bond donors (Lipinski definition) is 0. The van der Waals surface area contributed by atoms with Gasteiger partial charge in [-0.25, -0.2) is 4.79 Å². The van der Waals surface area contributed by atoms with Crippen LogP contribution in [0.2, 0.25) is 0 Å². The Balaban J connectivity index is 4.49. The van der Waals surface area contributed by atoms with Crippen molar-refractivity contribution in [3.63, 3.8) is 0 Å².